The maximum Gasteiger partial charge on any atom is 0.0348 e. The molecule has 1 saturated heterocycles. The predicted molar refractivity (Wildman–Crippen MR) is 55.3 cm³/mol. The molecular weight excluding hydrogens is 158 g/mol. The van der Waals surface area contributed by atoms with Crippen molar-refractivity contribution in [1.82, 2.24) is 4.90 Å². The quantitative estimate of drug-likeness (QED) is 0.666. The fourth-order valence-electron chi connectivity index (χ4n) is 2.15. The summed E-state index contributed by atoms with van der Waals surface area (Å²) >= 11 is 0. The first-order chi connectivity index (χ1) is 6.42. The van der Waals surface area contributed by atoms with Crippen LogP contribution in [0.25, 0.3) is 0 Å². The van der Waals surface area contributed by atoms with Crippen LogP contribution in [0.15, 0.2) is 30.3 Å². The van der Waals surface area contributed by atoms with E-state index in [9.17, 15) is 0 Å². The lowest BCUT2D eigenvalue weighted by atomic mass is 10.1. The van der Waals surface area contributed by atoms with Crippen molar-refractivity contribution in [2.24, 2.45) is 0 Å². The monoisotopic (exact) mass is 174 g/mol. The van der Waals surface area contributed by atoms with E-state index in [4.69, 9.17) is 0 Å². The van der Waals surface area contributed by atoms with Gasteiger partial charge in [-0.1, -0.05) is 30.3 Å². The average Bonchev–Trinajstić information content (AvgIpc) is 2.67. The molecule has 0 amide bonds. The van der Waals surface area contributed by atoms with E-state index >= 15 is 0 Å². The Morgan fingerprint density at radius 2 is 2.08 bits per heavy atom. The molecule has 2 rings (SSSR count). The van der Waals surface area contributed by atoms with Gasteiger partial charge in [-0.2, -0.15) is 0 Å². The third-order valence-corrected chi connectivity index (χ3v) is 2.84. The molecule has 69 valence electrons. The highest BCUT2D eigenvalue weighted by Gasteiger charge is 2.23. The minimum Gasteiger partial charge on any atom is -0.296 e. The largest absolute Gasteiger partial charge is 0.296 e. The number of hydrogen-bond donors (Lipinski definition) is 0. The first kappa shape index (κ1) is 8.76. The number of likely N-dealkylation sites (tertiary alicyclic amines) is 1. The van der Waals surface area contributed by atoms with Crippen LogP contribution in [0.5, 0.6) is 0 Å². The van der Waals surface area contributed by atoms with Gasteiger partial charge in [0.25, 0.3) is 0 Å². The summed E-state index contributed by atoms with van der Waals surface area (Å²) in [5, 5.41) is 0. The average molecular weight is 174 g/mol. The number of hydrogen-bond acceptors (Lipinski definition) is 1. The fraction of sp³-hybridized carbons (Fsp3) is 0.417. The molecule has 0 aliphatic carbocycles. The van der Waals surface area contributed by atoms with Crippen molar-refractivity contribution in [3.8, 4) is 0 Å². The lowest BCUT2D eigenvalue weighted by Gasteiger charge is -2.22. The zero-order valence-electron chi connectivity index (χ0n) is 7.95. The number of rotatable bonds is 2. The molecule has 0 bridgehead atoms. The molecule has 0 aromatic heterocycles. The lowest BCUT2D eigenvalue weighted by molar-refractivity contribution is 0.284. The molecule has 1 heterocycles. The Morgan fingerprint density at radius 1 is 1.31 bits per heavy atom. The summed E-state index contributed by atoms with van der Waals surface area (Å²) in [6.45, 7) is 6.11. The summed E-state index contributed by atoms with van der Waals surface area (Å²) in [5.74, 6) is 0. The van der Waals surface area contributed by atoms with Crippen LogP contribution in [0.2, 0.25) is 0 Å². The van der Waals surface area contributed by atoms with Crippen molar-refractivity contribution in [3.63, 3.8) is 0 Å². The standard InChI is InChI=1S/C12H16N/c1-2-13-10-6-9-12(13)11-7-4-3-5-8-11/h3-5,7-8,12H,1-2,6,9-10H2. The highest BCUT2D eigenvalue weighted by molar-refractivity contribution is 5.19. The molecule has 1 radical (unpaired) electrons. The fourth-order valence-corrected chi connectivity index (χ4v) is 2.15. The Labute approximate surface area is 80.4 Å². The molecule has 1 aliphatic heterocycles. The van der Waals surface area contributed by atoms with E-state index in [1.165, 1.54) is 24.9 Å². The number of nitrogens with zero attached hydrogens (tertiary/aromatic N) is 1. The molecule has 1 aromatic carbocycles. The Balaban J connectivity index is 2.16. The van der Waals surface area contributed by atoms with Crippen molar-refractivity contribution in [2.75, 3.05) is 13.1 Å². The van der Waals surface area contributed by atoms with E-state index in [-0.39, 0.29) is 0 Å². The van der Waals surface area contributed by atoms with Crippen LogP contribution in [0.3, 0.4) is 0 Å². The van der Waals surface area contributed by atoms with Crippen molar-refractivity contribution >= 4 is 0 Å². The zero-order valence-corrected chi connectivity index (χ0v) is 7.95. The molecule has 1 aliphatic rings. The number of benzene rings is 1. The van der Waals surface area contributed by atoms with E-state index < -0.39 is 0 Å². The van der Waals surface area contributed by atoms with E-state index in [2.05, 4.69) is 42.2 Å². The van der Waals surface area contributed by atoms with Gasteiger partial charge in [-0.25, -0.2) is 0 Å². The van der Waals surface area contributed by atoms with E-state index in [1.54, 1.807) is 0 Å². The first-order valence-corrected chi connectivity index (χ1v) is 5.00. The van der Waals surface area contributed by atoms with Gasteiger partial charge in [0, 0.05) is 6.04 Å². The molecule has 1 fully saturated rings. The molecule has 1 atom stereocenters. The maximum absolute atomic E-state index is 3.97. The van der Waals surface area contributed by atoms with Crippen molar-refractivity contribution in [3.05, 3.63) is 42.8 Å². The van der Waals surface area contributed by atoms with Gasteiger partial charge in [0.15, 0.2) is 0 Å². The maximum atomic E-state index is 3.97. The van der Waals surface area contributed by atoms with Crippen molar-refractivity contribution in [2.45, 2.75) is 18.9 Å². The summed E-state index contributed by atoms with van der Waals surface area (Å²) in [7, 11) is 0. The minimum atomic E-state index is 0.624. The normalized spacial score (nSPS) is 23.6. The van der Waals surface area contributed by atoms with E-state index in [0.717, 1.165) is 6.54 Å². The van der Waals surface area contributed by atoms with Gasteiger partial charge in [0.2, 0.25) is 0 Å². The van der Waals surface area contributed by atoms with Gasteiger partial charge < -0.3 is 0 Å². The van der Waals surface area contributed by atoms with E-state index in [0.29, 0.717) is 6.04 Å². The molecular formula is C12H16N. The predicted octanol–water partition coefficient (Wildman–Crippen LogP) is 2.66. The molecule has 1 heteroatoms. The second-order valence-corrected chi connectivity index (χ2v) is 3.60. The van der Waals surface area contributed by atoms with Gasteiger partial charge in [-0.3, -0.25) is 4.90 Å². The van der Waals surface area contributed by atoms with Gasteiger partial charge in [-0.05, 0) is 38.4 Å². The molecule has 1 aromatic rings. The van der Waals surface area contributed by atoms with Crippen LogP contribution >= 0.6 is 0 Å². The van der Waals surface area contributed by atoms with Gasteiger partial charge >= 0.3 is 0 Å². The summed E-state index contributed by atoms with van der Waals surface area (Å²) < 4.78 is 0. The third-order valence-electron chi connectivity index (χ3n) is 2.84. The molecule has 0 spiro atoms. The molecule has 1 unspecified atom stereocenters. The smallest absolute Gasteiger partial charge is 0.0348 e. The third kappa shape index (κ3) is 1.75. The summed E-state index contributed by atoms with van der Waals surface area (Å²) in [6, 6.07) is 11.4. The minimum absolute atomic E-state index is 0.624. The topological polar surface area (TPSA) is 3.24 Å². The second kappa shape index (κ2) is 3.93. The summed E-state index contributed by atoms with van der Waals surface area (Å²) in [6.07, 6.45) is 2.61. The Hall–Kier alpha value is -0.820. The van der Waals surface area contributed by atoms with Crippen LogP contribution in [-0.2, 0) is 0 Å². The molecule has 13 heavy (non-hydrogen) atoms. The SMILES string of the molecule is [CH2]CN1CCCC1c1ccccc1. The van der Waals surface area contributed by atoms with Gasteiger partial charge in [-0.15, -0.1) is 0 Å². The van der Waals surface area contributed by atoms with Crippen LogP contribution in [-0.4, -0.2) is 18.0 Å². The molecule has 0 saturated carbocycles. The Bertz CT molecular complexity index is 255. The highest BCUT2D eigenvalue weighted by atomic mass is 15.2. The second-order valence-electron chi connectivity index (χ2n) is 3.60. The van der Waals surface area contributed by atoms with Gasteiger partial charge in [0.1, 0.15) is 0 Å². The Kier molecular flexibility index (Phi) is 2.65. The zero-order chi connectivity index (χ0) is 9.10. The summed E-state index contributed by atoms with van der Waals surface area (Å²) in [5.41, 5.74) is 1.45. The molecule has 1 nitrogen and oxygen atoms in total. The van der Waals surface area contributed by atoms with Crippen molar-refractivity contribution in [1.29, 1.82) is 0 Å². The van der Waals surface area contributed by atoms with Crippen LogP contribution in [0, 0.1) is 6.92 Å². The summed E-state index contributed by atoms with van der Waals surface area (Å²) in [4.78, 5) is 2.45. The molecule has 0 N–H and O–H groups in total. The van der Waals surface area contributed by atoms with Crippen molar-refractivity contribution < 1.29 is 0 Å². The highest BCUT2D eigenvalue weighted by Crippen LogP contribution is 2.30. The lowest BCUT2D eigenvalue weighted by Crippen LogP contribution is -2.22. The Morgan fingerprint density at radius 3 is 2.77 bits per heavy atom. The van der Waals surface area contributed by atoms with Crippen LogP contribution in [0.4, 0.5) is 0 Å². The van der Waals surface area contributed by atoms with E-state index in [1.807, 2.05) is 0 Å². The van der Waals surface area contributed by atoms with Crippen LogP contribution < -0.4 is 0 Å². The van der Waals surface area contributed by atoms with Gasteiger partial charge in [0.05, 0.1) is 0 Å². The first-order valence-electron chi connectivity index (χ1n) is 5.00. The van der Waals surface area contributed by atoms with Crippen LogP contribution in [0.1, 0.15) is 24.4 Å².